The Balaban J connectivity index is 1.22. The summed E-state index contributed by atoms with van der Waals surface area (Å²) < 4.78 is 17.3. The zero-order chi connectivity index (χ0) is 17.8. The van der Waals surface area contributed by atoms with Crippen molar-refractivity contribution in [1.82, 2.24) is 9.88 Å². The Labute approximate surface area is 155 Å². The van der Waals surface area contributed by atoms with Crippen LogP contribution in [0.2, 0.25) is 0 Å². The standard InChI is InChI=1S/C20H27N3O3/c21-9-16-1-2-20(22-10-16)25-8-5-17-14-26-19-13-23(12-18(17)19)11-15-3-6-24-7-4-15/h1-2,10,15,17-19H,3-8,11-14H2/t17-,18-,19-/m1/s1. The maximum absolute atomic E-state index is 8.81. The smallest absolute Gasteiger partial charge is 0.213 e. The zero-order valence-corrected chi connectivity index (χ0v) is 15.2. The van der Waals surface area contributed by atoms with Crippen LogP contribution < -0.4 is 4.74 Å². The van der Waals surface area contributed by atoms with Crippen molar-refractivity contribution >= 4 is 0 Å². The van der Waals surface area contributed by atoms with E-state index in [0.717, 1.165) is 45.2 Å². The van der Waals surface area contributed by atoms with Crippen LogP contribution in [-0.4, -0.2) is 62.0 Å². The highest BCUT2D eigenvalue weighted by atomic mass is 16.5. The van der Waals surface area contributed by atoms with Crippen LogP contribution in [0.4, 0.5) is 0 Å². The SMILES string of the molecule is N#Cc1ccc(OCC[C@@H]2CO[C@@H]3CN(CC4CCOCC4)C[C@H]23)nc1. The molecular formula is C20H27N3O3. The van der Waals surface area contributed by atoms with E-state index in [1.807, 2.05) is 0 Å². The molecular weight excluding hydrogens is 330 g/mol. The second-order valence-corrected chi connectivity index (χ2v) is 7.70. The van der Waals surface area contributed by atoms with Gasteiger partial charge in [0.05, 0.1) is 24.9 Å². The molecule has 0 aromatic carbocycles. The first kappa shape index (κ1) is 17.7. The summed E-state index contributed by atoms with van der Waals surface area (Å²) >= 11 is 0. The minimum absolute atomic E-state index is 0.396. The van der Waals surface area contributed by atoms with Crippen LogP contribution in [0.25, 0.3) is 0 Å². The number of pyridine rings is 1. The fraction of sp³-hybridized carbons (Fsp3) is 0.700. The van der Waals surface area contributed by atoms with E-state index >= 15 is 0 Å². The van der Waals surface area contributed by atoms with Crippen LogP contribution in [0.5, 0.6) is 5.88 Å². The quantitative estimate of drug-likeness (QED) is 0.777. The number of nitriles is 1. The normalized spacial score (nSPS) is 29.4. The van der Waals surface area contributed by atoms with Crippen LogP contribution in [0.3, 0.4) is 0 Å². The van der Waals surface area contributed by atoms with Gasteiger partial charge < -0.3 is 19.1 Å². The highest BCUT2D eigenvalue weighted by Crippen LogP contribution is 2.36. The van der Waals surface area contributed by atoms with Gasteiger partial charge in [-0.05, 0) is 37.2 Å². The average molecular weight is 357 g/mol. The molecule has 6 nitrogen and oxygen atoms in total. The summed E-state index contributed by atoms with van der Waals surface area (Å²) in [5.41, 5.74) is 0.556. The molecule has 3 aliphatic rings. The Kier molecular flexibility index (Phi) is 5.68. The molecule has 0 amide bonds. The summed E-state index contributed by atoms with van der Waals surface area (Å²) in [4.78, 5) is 6.76. The molecule has 4 rings (SSSR count). The van der Waals surface area contributed by atoms with Crippen LogP contribution >= 0.6 is 0 Å². The number of nitrogens with zero attached hydrogens (tertiary/aromatic N) is 3. The second-order valence-electron chi connectivity index (χ2n) is 7.70. The number of ether oxygens (including phenoxy) is 3. The van der Waals surface area contributed by atoms with Crippen molar-refractivity contribution in [3.05, 3.63) is 23.9 Å². The van der Waals surface area contributed by atoms with E-state index in [4.69, 9.17) is 19.5 Å². The van der Waals surface area contributed by atoms with Crippen molar-refractivity contribution in [2.24, 2.45) is 17.8 Å². The third kappa shape index (κ3) is 4.17. The molecule has 4 heterocycles. The number of hydrogen-bond donors (Lipinski definition) is 0. The molecule has 3 fully saturated rings. The van der Waals surface area contributed by atoms with Crippen LogP contribution in [0.15, 0.2) is 18.3 Å². The van der Waals surface area contributed by atoms with Gasteiger partial charge in [-0.3, -0.25) is 0 Å². The fourth-order valence-electron chi connectivity index (χ4n) is 4.47. The summed E-state index contributed by atoms with van der Waals surface area (Å²) in [5, 5.41) is 8.81. The summed E-state index contributed by atoms with van der Waals surface area (Å²) in [6, 6.07) is 5.57. The first-order valence-electron chi connectivity index (χ1n) is 9.72. The highest BCUT2D eigenvalue weighted by molar-refractivity contribution is 5.28. The van der Waals surface area contributed by atoms with Gasteiger partial charge in [0.2, 0.25) is 5.88 Å². The van der Waals surface area contributed by atoms with Gasteiger partial charge in [0.25, 0.3) is 0 Å². The van der Waals surface area contributed by atoms with Gasteiger partial charge in [0.1, 0.15) is 6.07 Å². The summed E-state index contributed by atoms with van der Waals surface area (Å²) in [7, 11) is 0. The van der Waals surface area contributed by atoms with E-state index in [-0.39, 0.29) is 0 Å². The first-order valence-corrected chi connectivity index (χ1v) is 9.72. The van der Waals surface area contributed by atoms with Crippen molar-refractivity contribution in [3.8, 4) is 11.9 Å². The largest absolute Gasteiger partial charge is 0.478 e. The van der Waals surface area contributed by atoms with Crippen LogP contribution in [0, 0.1) is 29.1 Å². The Morgan fingerprint density at radius 2 is 2.15 bits per heavy atom. The predicted octanol–water partition coefficient (Wildman–Crippen LogP) is 2.10. The van der Waals surface area contributed by atoms with Crippen molar-refractivity contribution in [2.75, 3.05) is 46.1 Å². The molecule has 1 aromatic rings. The van der Waals surface area contributed by atoms with Crippen molar-refractivity contribution in [2.45, 2.75) is 25.4 Å². The van der Waals surface area contributed by atoms with Gasteiger partial charge in [-0.15, -0.1) is 0 Å². The van der Waals surface area contributed by atoms with Crippen LogP contribution in [-0.2, 0) is 9.47 Å². The molecule has 0 radical (unpaired) electrons. The Hall–Kier alpha value is -1.68. The second kappa shape index (κ2) is 8.34. The molecule has 3 atom stereocenters. The lowest BCUT2D eigenvalue weighted by molar-refractivity contribution is 0.0484. The molecule has 3 aliphatic heterocycles. The van der Waals surface area contributed by atoms with E-state index in [1.54, 1.807) is 18.3 Å². The van der Waals surface area contributed by atoms with E-state index < -0.39 is 0 Å². The summed E-state index contributed by atoms with van der Waals surface area (Å²) in [5.74, 6) is 2.57. The molecule has 0 aliphatic carbocycles. The summed E-state index contributed by atoms with van der Waals surface area (Å²) in [6.45, 7) is 6.77. The summed E-state index contributed by atoms with van der Waals surface area (Å²) in [6.07, 6.45) is 5.33. The number of rotatable bonds is 6. The van der Waals surface area contributed by atoms with Crippen molar-refractivity contribution in [3.63, 3.8) is 0 Å². The lowest BCUT2D eigenvalue weighted by Gasteiger charge is -2.27. The van der Waals surface area contributed by atoms with Crippen LogP contribution in [0.1, 0.15) is 24.8 Å². The predicted molar refractivity (Wildman–Crippen MR) is 95.8 cm³/mol. The molecule has 0 saturated carbocycles. The monoisotopic (exact) mass is 357 g/mol. The topological polar surface area (TPSA) is 67.6 Å². The van der Waals surface area contributed by atoms with Gasteiger partial charge in [-0.25, -0.2) is 4.98 Å². The fourth-order valence-corrected chi connectivity index (χ4v) is 4.47. The highest BCUT2D eigenvalue weighted by Gasteiger charge is 2.43. The number of likely N-dealkylation sites (tertiary alicyclic amines) is 1. The Bertz CT molecular complexity index is 624. The van der Waals surface area contributed by atoms with Gasteiger partial charge in [-0.1, -0.05) is 0 Å². The maximum Gasteiger partial charge on any atom is 0.213 e. The molecule has 26 heavy (non-hydrogen) atoms. The Morgan fingerprint density at radius 3 is 2.92 bits per heavy atom. The molecule has 0 N–H and O–H groups in total. The van der Waals surface area contributed by atoms with Gasteiger partial charge in [0, 0.05) is 51.0 Å². The van der Waals surface area contributed by atoms with E-state index in [0.29, 0.717) is 36.0 Å². The number of fused-ring (bicyclic) bond motifs is 1. The number of hydrogen-bond acceptors (Lipinski definition) is 6. The third-order valence-corrected chi connectivity index (χ3v) is 5.98. The first-order chi connectivity index (χ1) is 12.8. The minimum atomic E-state index is 0.396. The Morgan fingerprint density at radius 1 is 1.27 bits per heavy atom. The third-order valence-electron chi connectivity index (χ3n) is 5.98. The van der Waals surface area contributed by atoms with Gasteiger partial charge >= 0.3 is 0 Å². The molecule has 0 unspecified atom stereocenters. The van der Waals surface area contributed by atoms with Crippen molar-refractivity contribution < 1.29 is 14.2 Å². The zero-order valence-electron chi connectivity index (χ0n) is 15.2. The average Bonchev–Trinajstić information content (AvgIpc) is 3.24. The van der Waals surface area contributed by atoms with Crippen molar-refractivity contribution in [1.29, 1.82) is 5.26 Å². The van der Waals surface area contributed by atoms with E-state index in [1.165, 1.54) is 19.4 Å². The van der Waals surface area contributed by atoms with E-state index in [9.17, 15) is 0 Å². The molecule has 3 saturated heterocycles. The molecule has 6 heteroatoms. The maximum atomic E-state index is 8.81. The van der Waals surface area contributed by atoms with E-state index in [2.05, 4.69) is 16.0 Å². The van der Waals surface area contributed by atoms with Gasteiger partial charge in [0.15, 0.2) is 0 Å². The molecule has 0 bridgehead atoms. The molecule has 1 aromatic heterocycles. The minimum Gasteiger partial charge on any atom is -0.478 e. The lowest BCUT2D eigenvalue weighted by atomic mass is 9.91. The molecule has 0 spiro atoms. The number of aromatic nitrogens is 1. The lowest BCUT2D eigenvalue weighted by Crippen LogP contribution is -2.32. The van der Waals surface area contributed by atoms with Gasteiger partial charge in [-0.2, -0.15) is 5.26 Å². The molecule has 140 valence electrons.